The molecular weight excluding hydrogens is 344 g/mol. The van der Waals surface area contributed by atoms with Crippen LogP contribution < -0.4 is 25.3 Å². The summed E-state index contributed by atoms with van der Waals surface area (Å²) < 4.78 is 16.5. The number of hydrogen-bond acceptors (Lipinski definition) is 7. The number of anilines is 3. The van der Waals surface area contributed by atoms with E-state index in [2.05, 4.69) is 29.1 Å². The Bertz CT molecular complexity index is 958. The maximum Gasteiger partial charge on any atom is 0.248 e. The Kier molecular flexibility index (Phi) is 4.42. The number of fused-ring (bicyclic) bond motifs is 1. The van der Waals surface area contributed by atoms with E-state index in [9.17, 15) is 0 Å². The molecule has 1 aliphatic heterocycles. The first kappa shape index (κ1) is 17.0. The van der Waals surface area contributed by atoms with Gasteiger partial charge in [0, 0.05) is 11.8 Å². The van der Waals surface area contributed by atoms with E-state index in [0.29, 0.717) is 40.6 Å². The summed E-state index contributed by atoms with van der Waals surface area (Å²) in [5, 5.41) is 3.16. The van der Waals surface area contributed by atoms with Gasteiger partial charge in [0.25, 0.3) is 0 Å². The van der Waals surface area contributed by atoms with Gasteiger partial charge in [-0.15, -0.1) is 0 Å². The van der Waals surface area contributed by atoms with Crippen molar-refractivity contribution < 1.29 is 14.2 Å². The number of nitrogens with one attached hydrogen (secondary N) is 1. The van der Waals surface area contributed by atoms with Gasteiger partial charge < -0.3 is 25.3 Å². The minimum absolute atomic E-state index is 0.224. The molecule has 0 saturated carbocycles. The Hall–Kier alpha value is -3.48. The van der Waals surface area contributed by atoms with Crippen molar-refractivity contribution in [3.05, 3.63) is 54.4 Å². The number of hydrogen-bond donors (Lipinski definition) is 2. The van der Waals surface area contributed by atoms with Crippen LogP contribution in [0.3, 0.4) is 0 Å². The Balaban J connectivity index is 1.54. The number of nitrogens with two attached hydrogens (primary N) is 1. The fourth-order valence-corrected chi connectivity index (χ4v) is 2.70. The molecule has 138 valence electrons. The second-order valence-corrected chi connectivity index (χ2v) is 6.46. The lowest BCUT2D eigenvalue weighted by Crippen LogP contribution is -2.03. The molecule has 3 N–H and O–H groups in total. The van der Waals surface area contributed by atoms with E-state index in [1.807, 2.05) is 42.5 Å². The highest BCUT2D eigenvalue weighted by molar-refractivity contribution is 5.73. The first-order chi connectivity index (χ1) is 13.1. The van der Waals surface area contributed by atoms with E-state index in [-0.39, 0.29) is 6.79 Å². The lowest BCUT2D eigenvalue weighted by molar-refractivity contribution is 0.174. The van der Waals surface area contributed by atoms with Gasteiger partial charge in [0.1, 0.15) is 17.8 Å². The third-order valence-corrected chi connectivity index (χ3v) is 4.24. The number of aromatic nitrogens is 2. The van der Waals surface area contributed by atoms with E-state index in [1.54, 1.807) is 0 Å². The highest BCUT2D eigenvalue weighted by Gasteiger charge is 2.15. The van der Waals surface area contributed by atoms with Gasteiger partial charge in [-0.25, -0.2) is 4.98 Å². The van der Waals surface area contributed by atoms with Gasteiger partial charge in [0.15, 0.2) is 17.3 Å². The Morgan fingerprint density at radius 2 is 1.81 bits per heavy atom. The third-order valence-electron chi connectivity index (χ3n) is 4.24. The third kappa shape index (κ3) is 3.57. The van der Waals surface area contributed by atoms with E-state index in [4.69, 9.17) is 19.9 Å². The van der Waals surface area contributed by atoms with Crippen molar-refractivity contribution in [2.75, 3.05) is 17.8 Å². The molecule has 0 bridgehead atoms. The number of nitrogens with zero attached hydrogens (tertiary/aromatic N) is 2. The zero-order valence-corrected chi connectivity index (χ0v) is 15.1. The average molecular weight is 364 g/mol. The van der Waals surface area contributed by atoms with Crippen LogP contribution in [0.15, 0.2) is 48.8 Å². The molecule has 4 rings (SSSR count). The van der Waals surface area contributed by atoms with Crippen LogP contribution in [0, 0.1) is 0 Å². The normalized spacial score (nSPS) is 12.3. The molecule has 7 nitrogen and oxygen atoms in total. The van der Waals surface area contributed by atoms with Crippen LogP contribution >= 0.6 is 0 Å². The summed E-state index contributed by atoms with van der Waals surface area (Å²) in [5.74, 6) is 3.27. The molecular formula is C20H20N4O3. The fraction of sp³-hybridized carbons (Fsp3) is 0.200. The van der Waals surface area contributed by atoms with Gasteiger partial charge in [-0.3, -0.25) is 0 Å². The molecule has 27 heavy (non-hydrogen) atoms. The molecule has 0 saturated heterocycles. The number of benzene rings is 2. The Labute approximate surface area is 157 Å². The zero-order valence-electron chi connectivity index (χ0n) is 15.1. The molecule has 0 unspecified atom stereocenters. The minimum Gasteiger partial charge on any atom is -0.454 e. The summed E-state index contributed by atoms with van der Waals surface area (Å²) in [5.41, 5.74) is 8.54. The lowest BCUT2D eigenvalue weighted by Gasteiger charge is -2.12. The second-order valence-electron chi connectivity index (χ2n) is 6.46. The topological polar surface area (TPSA) is 91.5 Å². The smallest absolute Gasteiger partial charge is 0.248 e. The van der Waals surface area contributed by atoms with Gasteiger partial charge in [-0.2, -0.15) is 4.98 Å². The second kappa shape index (κ2) is 7.03. The maximum absolute atomic E-state index is 6.20. The van der Waals surface area contributed by atoms with Crippen LogP contribution in [-0.2, 0) is 0 Å². The number of nitrogen functional groups attached to an aromatic ring is 1. The van der Waals surface area contributed by atoms with Crippen LogP contribution in [0.2, 0.25) is 0 Å². The standard InChI is InChI=1S/C20H20N4O3/c1-12(2)13-3-6-15(7-4-13)27-20-18(21)19(22-10-23-20)24-14-5-8-16-17(9-14)26-11-25-16/h3-10,12H,11,21H2,1-2H3,(H,22,23,24). The molecule has 1 aliphatic rings. The van der Waals surface area contributed by atoms with Crippen LogP contribution in [-0.4, -0.2) is 16.8 Å². The molecule has 0 fully saturated rings. The minimum atomic E-state index is 0.224. The summed E-state index contributed by atoms with van der Waals surface area (Å²) in [6, 6.07) is 13.4. The van der Waals surface area contributed by atoms with Gasteiger partial charge in [0.05, 0.1) is 0 Å². The van der Waals surface area contributed by atoms with Crippen molar-refractivity contribution in [1.82, 2.24) is 9.97 Å². The Morgan fingerprint density at radius 1 is 1.04 bits per heavy atom. The highest BCUT2D eigenvalue weighted by Crippen LogP contribution is 2.36. The van der Waals surface area contributed by atoms with E-state index in [0.717, 1.165) is 5.69 Å². The largest absolute Gasteiger partial charge is 0.454 e. The monoisotopic (exact) mass is 364 g/mol. The first-order valence-electron chi connectivity index (χ1n) is 8.65. The molecule has 3 aromatic rings. The van der Waals surface area contributed by atoms with Crippen LogP contribution in [0.4, 0.5) is 17.2 Å². The predicted octanol–water partition coefficient (Wildman–Crippen LogP) is 4.45. The van der Waals surface area contributed by atoms with Crippen molar-refractivity contribution in [1.29, 1.82) is 0 Å². The van der Waals surface area contributed by atoms with Crippen molar-refractivity contribution in [3.8, 4) is 23.1 Å². The predicted molar refractivity (Wildman–Crippen MR) is 103 cm³/mol. The molecule has 1 aromatic heterocycles. The number of rotatable bonds is 5. The summed E-state index contributed by atoms with van der Waals surface area (Å²) in [7, 11) is 0. The molecule has 2 aromatic carbocycles. The maximum atomic E-state index is 6.20. The fourth-order valence-electron chi connectivity index (χ4n) is 2.70. The molecule has 0 amide bonds. The summed E-state index contributed by atoms with van der Waals surface area (Å²) in [6.45, 7) is 4.51. The Morgan fingerprint density at radius 3 is 2.59 bits per heavy atom. The molecule has 0 atom stereocenters. The van der Waals surface area contributed by atoms with Crippen molar-refractivity contribution >= 4 is 17.2 Å². The molecule has 0 spiro atoms. The van der Waals surface area contributed by atoms with Crippen molar-refractivity contribution in [2.45, 2.75) is 19.8 Å². The highest BCUT2D eigenvalue weighted by atomic mass is 16.7. The van der Waals surface area contributed by atoms with Crippen LogP contribution in [0.5, 0.6) is 23.1 Å². The zero-order chi connectivity index (χ0) is 18.8. The van der Waals surface area contributed by atoms with Gasteiger partial charge in [-0.05, 0) is 35.7 Å². The molecule has 0 radical (unpaired) electrons. The SMILES string of the molecule is CC(C)c1ccc(Oc2ncnc(Nc3ccc4c(c3)OCO4)c2N)cc1. The van der Waals surface area contributed by atoms with Crippen molar-refractivity contribution in [3.63, 3.8) is 0 Å². The van der Waals surface area contributed by atoms with Crippen LogP contribution in [0.1, 0.15) is 25.3 Å². The van der Waals surface area contributed by atoms with E-state index >= 15 is 0 Å². The average Bonchev–Trinajstić information content (AvgIpc) is 3.13. The first-order valence-corrected chi connectivity index (χ1v) is 8.65. The quantitative estimate of drug-likeness (QED) is 0.691. The van der Waals surface area contributed by atoms with Gasteiger partial charge >= 0.3 is 0 Å². The van der Waals surface area contributed by atoms with E-state index < -0.39 is 0 Å². The summed E-state index contributed by atoms with van der Waals surface area (Å²) in [4.78, 5) is 8.36. The molecule has 7 heteroatoms. The van der Waals surface area contributed by atoms with Gasteiger partial charge in [0.2, 0.25) is 12.7 Å². The molecule has 0 aliphatic carbocycles. The molecule has 2 heterocycles. The van der Waals surface area contributed by atoms with E-state index in [1.165, 1.54) is 11.9 Å². The van der Waals surface area contributed by atoms with Crippen molar-refractivity contribution in [2.24, 2.45) is 0 Å². The van der Waals surface area contributed by atoms with Crippen LogP contribution in [0.25, 0.3) is 0 Å². The van der Waals surface area contributed by atoms with Gasteiger partial charge in [-0.1, -0.05) is 26.0 Å². The number of ether oxygens (including phenoxy) is 3. The lowest BCUT2D eigenvalue weighted by atomic mass is 10.0. The summed E-state index contributed by atoms with van der Waals surface area (Å²) >= 11 is 0. The summed E-state index contributed by atoms with van der Waals surface area (Å²) in [6.07, 6.45) is 1.41.